The van der Waals surface area contributed by atoms with E-state index < -0.39 is 16.8 Å². The van der Waals surface area contributed by atoms with Crippen molar-refractivity contribution in [3.05, 3.63) is 130 Å². The largest absolute Gasteiger partial charge is 0.491 e. The van der Waals surface area contributed by atoms with Gasteiger partial charge in [-0.25, -0.2) is 0 Å². The third kappa shape index (κ3) is 10.2. The first-order valence-electron chi connectivity index (χ1n) is 20.5. The van der Waals surface area contributed by atoms with Gasteiger partial charge in [-0.2, -0.15) is 0 Å². The van der Waals surface area contributed by atoms with Crippen LogP contribution in [0, 0.1) is 0 Å². The van der Waals surface area contributed by atoms with Crippen LogP contribution in [0.25, 0.3) is 0 Å². The standard InChI is InChI=1S/C50H66O6/c1-13-50(12,56-49(10,11)40-20-16-36(17-21-40)46(4,5)37-22-26-41(27-23-37)51-30-43-31-52-43)34-45(2,3)55-42-28-24-38(25-29-42)47(6,7)35-14-18-39(19-15-35)48(8,9)54-33-44-32-53-44/h14-29,43-44H,13,30-34H2,1-12H3. The van der Waals surface area contributed by atoms with E-state index in [2.05, 4.69) is 180 Å². The topological polar surface area (TPSA) is 62.0 Å². The third-order valence-corrected chi connectivity index (χ3v) is 12.1. The van der Waals surface area contributed by atoms with E-state index in [0.717, 1.165) is 48.7 Å². The van der Waals surface area contributed by atoms with Gasteiger partial charge in [0.15, 0.2) is 0 Å². The average molecular weight is 763 g/mol. The van der Waals surface area contributed by atoms with Crippen LogP contribution in [0.5, 0.6) is 11.5 Å². The maximum Gasteiger partial charge on any atom is 0.120 e. The molecule has 0 radical (unpaired) electrons. The fourth-order valence-electron chi connectivity index (χ4n) is 7.88. The molecular formula is C50H66O6. The van der Waals surface area contributed by atoms with Crippen molar-refractivity contribution < 1.29 is 28.4 Å². The predicted octanol–water partition coefficient (Wildman–Crippen LogP) is 11.4. The van der Waals surface area contributed by atoms with E-state index in [9.17, 15) is 0 Å². The highest BCUT2D eigenvalue weighted by molar-refractivity contribution is 5.43. The minimum atomic E-state index is -0.506. The van der Waals surface area contributed by atoms with Crippen LogP contribution < -0.4 is 9.47 Å². The highest BCUT2D eigenvalue weighted by Gasteiger charge is 2.39. The molecule has 0 N–H and O–H groups in total. The second kappa shape index (κ2) is 15.9. The van der Waals surface area contributed by atoms with Crippen LogP contribution in [0.2, 0.25) is 0 Å². The zero-order valence-electron chi connectivity index (χ0n) is 36.1. The number of benzene rings is 4. The summed E-state index contributed by atoms with van der Waals surface area (Å²) in [4.78, 5) is 0. The van der Waals surface area contributed by atoms with E-state index >= 15 is 0 Å². The molecule has 6 rings (SSSR count). The number of ether oxygens (including phenoxy) is 6. The molecule has 56 heavy (non-hydrogen) atoms. The summed E-state index contributed by atoms with van der Waals surface area (Å²) in [5.41, 5.74) is 5.19. The Morgan fingerprint density at radius 1 is 0.500 bits per heavy atom. The molecule has 3 atom stereocenters. The SMILES string of the molecule is CCC(C)(CC(C)(C)Oc1ccc(C(C)(C)c2ccc(C(C)(C)OCC3CO3)cc2)cc1)OC(C)(C)c1ccc(C(C)(C)c2ccc(OCC3CO3)cc2)cc1. The molecular weight excluding hydrogens is 697 g/mol. The quantitative estimate of drug-likeness (QED) is 0.0887. The maximum atomic E-state index is 7.05. The normalized spacial score (nSPS) is 18.6. The fourth-order valence-corrected chi connectivity index (χ4v) is 7.88. The molecule has 2 heterocycles. The van der Waals surface area contributed by atoms with Crippen molar-refractivity contribution >= 4 is 0 Å². The molecule has 6 heteroatoms. The highest BCUT2D eigenvalue weighted by atomic mass is 16.6. The molecule has 2 aliphatic rings. The van der Waals surface area contributed by atoms with Gasteiger partial charge >= 0.3 is 0 Å². The van der Waals surface area contributed by atoms with Crippen LogP contribution in [0.15, 0.2) is 97.1 Å². The maximum absolute atomic E-state index is 7.05. The lowest BCUT2D eigenvalue weighted by Crippen LogP contribution is -2.44. The van der Waals surface area contributed by atoms with Gasteiger partial charge in [0.05, 0.1) is 36.6 Å². The summed E-state index contributed by atoms with van der Waals surface area (Å²) < 4.78 is 36.4. The Hall–Kier alpha value is -3.68. The van der Waals surface area contributed by atoms with Gasteiger partial charge in [-0.1, -0.05) is 107 Å². The minimum absolute atomic E-state index is 0.168. The Kier molecular flexibility index (Phi) is 11.9. The molecule has 0 bridgehead atoms. The van der Waals surface area contributed by atoms with Crippen molar-refractivity contribution in [1.29, 1.82) is 0 Å². The van der Waals surface area contributed by atoms with E-state index in [0.29, 0.717) is 13.2 Å². The second-order valence-corrected chi connectivity index (χ2v) is 19.0. The Bertz CT molecular complexity index is 1880. The number of hydrogen-bond acceptors (Lipinski definition) is 6. The van der Waals surface area contributed by atoms with Crippen LogP contribution in [0.1, 0.15) is 129 Å². The van der Waals surface area contributed by atoms with E-state index in [4.69, 9.17) is 28.4 Å². The van der Waals surface area contributed by atoms with Crippen molar-refractivity contribution in [2.24, 2.45) is 0 Å². The molecule has 302 valence electrons. The molecule has 4 aromatic carbocycles. The molecule has 6 nitrogen and oxygen atoms in total. The molecule has 0 aromatic heterocycles. The number of epoxide rings is 2. The first-order chi connectivity index (χ1) is 26.2. The summed E-state index contributed by atoms with van der Waals surface area (Å²) in [6, 6.07) is 34.8. The van der Waals surface area contributed by atoms with E-state index in [1.165, 1.54) is 22.3 Å². The molecule has 2 aliphatic heterocycles. The fraction of sp³-hybridized carbons (Fsp3) is 0.520. The van der Waals surface area contributed by atoms with Gasteiger partial charge in [0.1, 0.15) is 35.9 Å². The Morgan fingerprint density at radius 3 is 1.30 bits per heavy atom. The first kappa shape index (κ1) is 41.9. The van der Waals surface area contributed by atoms with Gasteiger partial charge in [0, 0.05) is 17.3 Å². The molecule has 2 fully saturated rings. The Labute approximate surface area is 337 Å². The van der Waals surface area contributed by atoms with Gasteiger partial charge in [0.2, 0.25) is 0 Å². The Balaban J connectivity index is 1.06. The molecule has 0 amide bonds. The molecule has 3 unspecified atom stereocenters. The molecule has 0 saturated carbocycles. The van der Waals surface area contributed by atoms with Gasteiger partial charge in [-0.05, 0) is 113 Å². The van der Waals surface area contributed by atoms with Crippen molar-refractivity contribution in [1.82, 2.24) is 0 Å². The monoisotopic (exact) mass is 762 g/mol. The summed E-state index contributed by atoms with van der Waals surface area (Å²) >= 11 is 0. The summed E-state index contributed by atoms with van der Waals surface area (Å²) in [6.45, 7) is 29.3. The third-order valence-electron chi connectivity index (χ3n) is 12.1. The van der Waals surface area contributed by atoms with Crippen molar-refractivity contribution in [3.8, 4) is 11.5 Å². The first-order valence-corrected chi connectivity index (χ1v) is 20.5. The van der Waals surface area contributed by atoms with Crippen LogP contribution in [0.3, 0.4) is 0 Å². The number of hydrogen-bond donors (Lipinski definition) is 0. The van der Waals surface area contributed by atoms with E-state index in [-0.39, 0.29) is 28.6 Å². The van der Waals surface area contributed by atoms with Gasteiger partial charge in [0.25, 0.3) is 0 Å². The van der Waals surface area contributed by atoms with E-state index in [1.54, 1.807) is 0 Å². The average Bonchev–Trinajstić information content (AvgIpc) is 4.09. The summed E-state index contributed by atoms with van der Waals surface area (Å²) in [5.74, 6) is 1.73. The Morgan fingerprint density at radius 2 is 0.875 bits per heavy atom. The van der Waals surface area contributed by atoms with Crippen LogP contribution in [-0.2, 0) is 41.0 Å². The summed E-state index contributed by atoms with van der Waals surface area (Å²) in [6.07, 6.45) is 2.08. The summed E-state index contributed by atoms with van der Waals surface area (Å²) in [7, 11) is 0. The molecule has 0 aliphatic carbocycles. The van der Waals surface area contributed by atoms with Crippen molar-refractivity contribution in [2.75, 3.05) is 26.4 Å². The van der Waals surface area contributed by atoms with Crippen molar-refractivity contribution in [2.45, 2.75) is 141 Å². The lowest BCUT2D eigenvalue weighted by molar-refractivity contribution is -0.160. The van der Waals surface area contributed by atoms with Gasteiger partial charge in [-0.15, -0.1) is 0 Å². The lowest BCUT2D eigenvalue weighted by Gasteiger charge is -2.42. The van der Waals surface area contributed by atoms with Crippen LogP contribution in [-0.4, -0.2) is 49.8 Å². The van der Waals surface area contributed by atoms with Gasteiger partial charge in [-0.3, -0.25) is 0 Å². The lowest BCUT2D eigenvalue weighted by atomic mass is 9.77. The highest BCUT2D eigenvalue weighted by Crippen LogP contribution is 2.40. The molecule has 0 spiro atoms. The van der Waals surface area contributed by atoms with E-state index in [1.807, 2.05) is 0 Å². The summed E-state index contributed by atoms with van der Waals surface area (Å²) in [5, 5.41) is 0. The van der Waals surface area contributed by atoms with Crippen molar-refractivity contribution in [3.63, 3.8) is 0 Å². The minimum Gasteiger partial charge on any atom is -0.491 e. The smallest absolute Gasteiger partial charge is 0.120 e. The predicted molar refractivity (Wildman–Crippen MR) is 226 cm³/mol. The van der Waals surface area contributed by atoms with Crippen LogP contribution in [0.4, 0.5) is 0 Å². The molecule has 4 aromatic rings. The molecule has 2 saturated heterocycles. The zero-order valence-corrected chi connectivity index (χ0v) is 36.1. The number of rotatable bonds is 19. The van der Waals surface area contributed by atoms with Crippen LogP contribution >= 0.6 is 0 Å². The van der Waals surface area contributed by atoms with Gasteiger partial charge < -0.3 is 28.4 Å². The zero-order chi connectivity index (χ0) is 40.6. The second-order valence-electron chi connectivity index (χ2n) is 19.0.